The predicted molar refractivity (Wildman–Crippen MR) is 116 cm³/mol. The van der Waals surface area contributed by atoms with Gasteiger partial charge in [0.15, 0.2) is 16.1 Å². The van der Waals surface area contributed by atoms with E-state index in [0.717, 1.165) is 15.8 Å². The number of hydrogen-bond acceptors (Lipinski definition) is 6. The van der Waals surface area contributed by atoms with E-state index < -0.39 is 0 Å². The second-order valence-electron chi connectivity index (χ2n) is 6.99. The van der Waals surface area contributed by atoms with Crippen LogP contribution in [0.3, 0.4) is 0 Å². The lowest BCUT2D eigenvalue weighted by Gasteiger charge is -2.04. The summed E-state index contributed by atoms with van der Waals surface area (Å²) in [5.41, 5.74) is 14.9. The minimum Gasteiger partial charge on any atom is -0.375 e. The fourth-order valence-electron chi connectivity index (χ4n) is 2.68. The van der Waals surface area contributed by atoms with Crippen LogP contribution in [-0.4, -0.2) is 9.97 Å². The van der Waals surface area contributed by atoms with Crippen LogP contribution in [0, 0.1) is 5.82 Å². The first-order chi connectivity index (χ1) is 12.7. The molecule has 7 heteroatoms. The summed E-state index contributed by atoms with van der Waals surface area (Å²) in [4.78, 5) is 8.19. The summed E-state index contributed by atoms with van der Waals surface area (Å²) >= 11 is 2.86. The molecule has 0 aliphatic heterocycles. The molecule has 2 aromatic heterocycles. The lowest BCUT2D eigenvalue weighted by Crippen LogP contribution is -1.89. The van der Waals surface area contributed by atoms with Crippen LogP contribution in [0.5, 0.6) is 0 Å². The third-order valence-corrected chi connectivity index (χ3v) is 5.95. The van der Waals surface area contributed by atoms with Crippen molar-refractivity contribution in [3.8, 4) is 0 Å². The lowest BCUT2D eigenvalue weighted by atomic mass is 10.0. The van der Waals surface area contributed by atoms with Crippen molar-refractivity contribution < 1.29 is 4.39 Å². The zero-order valence-corrected chi connectivity index (χ0v) is 17.4. The third kappa shape index (κ3) is 4.36. The first-order valence-corrected chi connectivity index (χ1v) is 10.4. The number of aromatic nitrogens is 2. The van der Waals surface area contributed by atoms with Gasteiger partial charge >= 0.3 is 0 Å². The smallest absolute Gasteiger partial charge is 0.181 e. The zero-order chi connectivity index (χ0) is 19.7. The van der Waals surface area contributed by atoms with Crippen molar-refractivity contribution in [2.75, 3.05) is 11.5 Å². The molecule has 0 unspecified atom stereocenters. The van der Waals surface area contributed by atoms with Gasteiger partial charge in [-0.05, 0) is 47.2 Å². The summed E-state index contributed by atoms with van der Waals surface area (Å²) < 4.78 is 15.5. The van der Waals surface area contributed by atoms with Crippen LogP contribution >= 0.6 is 22.7 Å². The highest BCUT2D eigenvalue weighted by molar-refractivity contribution is 7.22. The van der Waals surface area contributed by atoms with Crippen molar-refractivity contribution in [1.29, 1.82) is 0 Å². The van der Waals surface area contributed by atoms with Crippen LogP contribution in [0.1, 0.15) is 50.7 Å². The molecule has 0 bridgehead atoms. The highest BCUT2D eigenvalue weighted by atomic mass is 32.1. The Bertz CT molecular complexity index is 1080. The predicted octanol–water partition coefficient (Wildman–Crippen LogP) is 6.14. The van der Waals surface area contributed by atoms with Gasteiger partial charge in [0.05, 0.1) is 14.9 Å². The zero-order valence-electron chi connectivity index (χ0n) is 15.8. The molecule has 0 aliphatic carbocycles. The highest BCUT2D eigenvalue weighted by Crippen LogP contribution is 2.29. The van der Waals surface area contributed by atoms with Gasteiger partial charge in [0, 0.05) is 0 Å². The summed E-state index contributed by atoms with van der Waals surface area (Å²) in [5, 5.41) is 1.07. The number of fused-ring (bicyclic) bond motifs is 2. The number of anilines is 2. The van der Waals surface area contributed by atoms with Crippen LogP contribution in [0.4, 0.5) is 14.7 Å². The van der Waals surface area contributed by atoms with Crippen molar-refractivity contribution in [1.82, 2.24) is 9.97 Å². The summed E-state index contributed by atoms with van der Waals surface area (Å²) in [6.45, 7) is 8.42. The van der Waals surface area contributed by atoms with Gasteiger partial charge < -0.3 is 11.5 Å². The van der Waals surface area contributed by atoms with E-state index in [2.05, 4.69) is 42.0 Å². The van der Waals surface area contributed by atoms with Crippen LogP contribution < -0.4 is 11.5 Å². The van der Waals surface area contributed by atoms with Crippen molar-refractivity contribution in [2.24, 2.45) is 0 Å². The number of nitrogen functional groups attached to an aromatic ring is 2. The van der Waals surface area contributed by atoms with E-state index in [0.29, 0.717) is 27.6 Å². The van der Waals surface area contributed by atoms with Crippen molar-refractivity contribution in [2.45, 2.75) is 39.5 Å². The van der Waals surface area contributed by atoms with Crippen LogP contribution in [0.15, 0.2) is 30.3 Å². The molecule has 0 aliphatic rings. The molecule has 2 heterocycles. The first kappa shape index (κ1) is 19.5. The molecule has 0 spiro atoms. The van der Waals surface area contributed by atoms with Crippen LogP contribution in [0.2, 0.25) is 0 Å². The Morgan fingerprint density at radius 2 is 1.44 bits per heavy atom. The molecule has 0 radical (unpaired) electrons. The molecule has 0 saturated carbocycles. The number of benzene rings is 2. The quantitative estimate of drug-likeness (QED) is 0.422. The topological polar surface area (TPSA) is 77.8 Å². The number of hydrogen-bond donors (Lipinski definition) is 2. The van der Waals surface area contributed by atoms with E-state index in [-0.39, 0.29) is 5.82 Å². The lowest BCUT2D eigenvalue weighted by molar-refractivity contribution is 0.633. The van der Waals surface area contributed by atoms with Gasteiger partial charge in [-0.3, -0.25) is 0 Å². The number of halogens is 1. The van der Waals surface area contributed by atoms with Gasteiger partial charge in [-0.1, -0.05) is 56.4 Å². The molecule has 2 aromatic carbocycles. The van der Waals surface area contributed by atoms with E-state index in [1.807, 2.05) is 19.9 Å². The largest absolute Gasteiger partial charge is 0.375 e. The average molecular weight is 403 g/mol. The van der Waals surface area contributed by atoms with Gasteiger partial charge in [0.2, 0.25) is 0 Å². The van der Waals surface area contributed by atoms with Crippen molar-refractivity contribution in [3.63, 3.8) is 0 Å². The molecule has 4 aromatic rings. The SMILES string of the molecule is CC(C)c1cc(F)c2nc(N)sc2c1.CC(C)c1ccc2sc(N)nc2c1. The Kier molecular flexibility index (Phi) is 5.62. The van der Waals surface area contributed by atoms with Gasteiger partial charge in [0.25, 0.3) is 0 Å². The first-order valence-electron chi connectivity index (χ1n) is 8.76. The third-order valence-electron chi connectivity index (χ3n) is 4.25. The Hall–Kier alpha value is -2.25. The van der Waals surface area contributed by atoms with E-state index in [1.165, 1.54) is 39.0 Å². The molecular weight excluding hydrogens is 379 g/mol. The Balaban J connectivity index is 0.000000156. The monoisotopic (exact) mass is 402 g/mol. The molecule has 4 rings (SSSR count). The molecule has 4 N–H and O–H groups in total. The molecule has 4 nitrogen and oxygen atoms in total. The van der Waals surface area contributed by atoms with Gasteiger partial charge in [0.1, 0.15) is 5.52 Å². The van der Waals surface area contributed by atoms with Crippen molar-refractivity contribution >= 4 is 53.4 Å². The summed E-state index contributed by atoms with van der Waals surface area (Å²) in [6, 6.07) is 9.85. The summed E-state index contributed by atoms with van der Waals surface area (Å²) in [6.07, 6.45) is 0. The fraction of sp³-hybridized carbons (Fsp3) is 0.300. The summed E-state index contributed by atoms with van der Waals surface area (Å²) in [7, 11) is 0. The Morgan fingerprint density at radius 3 is 2.11 bits per heavy atom. The maximum Gasteiger partial charge on any atom is 0.181 e. The normalized spacial score (nSPS) is 11.4. The number of nitrogens with zero attached hydrogens (tertiary/aromatic N) is 2. The van der Waals surface area contributed by atoms with Gasteiger partial charge in [-0.2, -0.15) is 0 Å². The second-order valence-corrected chi connectivity index (χ2v) is 9.11. The average Bonchev–Trinajstić information content (AvgIpc) is 3.15. The van der Waals surface area contributed by atoms with Gasteiger partial charge in [-0.15, -0.1) is 0 Å². The van der Waals surface area contributed by atoms with Crippen LogP contribution in [0.25, 0.3) is 20.4 Å². The molecule has 0 atom stereocenters. The van der Waals surface area contributed by atoms with Crippen molar-refractivity contribution in [3.05, 3.63) is 47.3 Å². The fourth-order valence-corrected chi connectivity index (χ4v) is 4.19. The molecule has 27 heavy (non-hydrogen) atoms. The number of thiazole rings is 2. The Morgan fingerprint density at radius 1 is 0.815 bits per heavy atom. The van der Waals surface area contributed by atoms with E-state index in [1.54, 1.807) is 0 Å². The maximum atomic E-state index is 13.5. The Labute approximate surface area is 166 Å². The molecule has 0 saturated heterocycles. The minimum absolute atomic E-state index is 0.279. The standard InChI is InChI=1S/C10H11FN2S.C10H12N2S/c1-5(2)6-3-7(11)9-8(4-6)14-10(12)13-9;1-6(2)7-3-4-9-8(5-7)12-10(11)13-9/h3-5H,1-2H3,(H2,12,13);3-6H,1-2H3,(H2,11,12). The highest BCUT2D eigenvalue weighted by Gasteiger charge is 2.10. The molecule has 0 amide bonds. The molecule has 142 valence electrons. The number of rotatable bonds is 2. The number of nitrogens with two attached hydrogens (primary N) is 2. The maximum absolute atomic E-state index is 13.5. The molecular formula is C20H23FN4S2. The van der Waals surface area contributed by atoms with E-state index >= 15 is 0 Å². The molecule has 0 fully saturated rings. The van der Waals surface area contributed by atoms with E-state index in [9.17, 15) is 4.39 Å². The summed E-state index contributed by atoms with van der Waals surface area (Å²) in [5.74, 6) is 0.587. The van der Waals surface area contributed by atoms with Crippen LogP contribution in [-0.2, 0) is 0 Å². The second kappa shape index (κ2) is 7.78. The minimum atomic E-state index is -0.279. The van der Waals surface area contributed by atoms with E-state index in [4.69, 9.17) is 11.5 Å². The van der Waals surface area contributed by atoms with Gasteiger partial charge in [-0.25, -0.2) is 14.4 Å².